The molecule has 0 aromatic rings. The first kappa shape index (κ1) is 31.6. The highest BCUT2D eigenvalue weighted by Gasteiger charge is 2.07. The maximum atomic E-state index is 10.9. The van der Waals surface area contributed by atoms with Crippen molar-refractivity contribution in [3.63, 3.8) is 0 Å². The fourth-order valence-corrected chi connectivity index (χ4v) is 2.84. The second-order valence-electron chi connectivity index (χ2n) is 8.13. The zero-order valence-electron chi connectivity index (χ0n) is 21.0. The summed E-state index contributed by atoms with van der Waals surface area (Å²) in [6.07, 6.45) is 22.6. The van der Waals surface area contributed by atoms with Crippen LogP contribution in [0.4, 0.5) is 0 Å². The number of hydrogen-bond donors (Lipinski definition) is 3. The van der Waals surface area contributed by atoms with E-state index < -0.39 is 17.9 Å². The lowest BCUT2D eigenvalue weighted by molar-refractivity contribution is -0.136. The molecule has 2 unspecified atom stereocenters. The minimum atomic E-state index is -1.16. The fourth-order valence-electron chi connectivity index (χ4n) is 2.84. The molecule has 0 aromatic heterocycles. The van der Waals surface area contributed by atoms with Crippen molar-refractivity contribution < 1.29 is 34.4 Å². The van der Waals surface area contributed by atoms with E-state index in [0.717, 1.165) is 30.9 Å². The summed E-state index contributed by atoms with van der Waals surface area (Å²) in [5.74, 6) is -3.01. The van der Waals surface area contributed by atoms with E-state index in [9.17, 15) is 14.4 Å². The van der Waals surface area contributed by atoms with Gasteiger partial charge in [0.25, 0.3) is 0 Å². The van der Waals surface area contributed by atoms with E-state index in [1.165, 1.54) is 0 Å². The van der Waals surface area contributed by atoms with Gasteiger partial charge in [-0.15, -0.1) is 0 Å². The van der Waals surface area contributed by atoms with Gasteiger partial charge in [0.05, 0.1) is 12.5 Å². The minimum Gasteiger partial charge on any atom is -0.481 e. The molecule has 192 valence electrons. The quantitative estimate of drug-likeness (QED) is 0.101. The van der Waals surface area contributed by atoms with Crippen LogP contribution in [-0.2, 0) is 19.1 Å². The molecule has 0 bridgehead atoms. The molecule has 0 fully saturated rings. The van der Waals surface area contributed by atoms with Crippen molar-refractivity contribution in [3.8, 4) is 0 Å². The smallest absolute Gasteiger partial charge is 0.331 e. The Morgan fingerprint density at radius 1 is 0.886 bits per heavy atom. The third-order valence-corrected chi connectivity index (χ3v) is 4.94. The van der Waals surface area contributed by atoms with Crippen molar-refractivity contribution in [1.29, 1.82) is 0 Å². The number of allylic oxidation sites excluding steroid dienone is 9. The van der Waals surface area contributed by atoms with Crippen LogP contribution in [0.5, 0.6) is 0 Å². The average Bonchev–Trinajstić information content (AvgIpc) is 2.78. The number of hydrogen-bond acceptors (Lipinski definition) is 4. The lowest BCUT2D eigenvalue weighted by atomic mass is 10.0. The van der Waals surface area contributed by atoms with Crippen LogP contribution in [0.25, 0.3) is 0 Å². The minimum absolute atomic E-state index is 0.115. The van der Waals surface area contributed by atoms with Crippen molar-refractivity contribution in [2.75, 3.05) is 7.11 Å². The number of aliphatic carboxylic acids is 3. The summed E-state index contributed by atoms with van der Waals surface area (Å²) in [5, 5.41) is 26.6. The highest BCUT2D eigenvalue weighted by molar-refractivity contribution is 5.86. The summed E-state index contributed by atoms with van der Waals surface area (Å²) in [5.41, 5.74) is 1.48. The Labute approximate surface area is 208 Å². The first-order valence-corrected chi connectivity index (χ1v) is 11.5. The van der Waals surface area contributed by atoms with Crippen LogP contribution < -0.4 is 0 Å². The van der Waals surface area contributed by atoms with Crippen LogP contribution in [0.3, 0.4) is 0 Å². The van der Waals surface area contributed by atoms with Gasteiger partial charge in [-0.1, -0.05) is 67.7 Å². The molecule has 0 amide bonds. The standard InChI is InChI=1S/C28H38O7/c1-21(15-18-24(19-26(29)30)20-27(31)32)13-11-9-7-5-6-8-10-12-14-25(35-4)22(2)16-17-23(3)28(33)34/h6,8-12,15-19,21,25H,5,7,13-14,20H2,1-4H3,(H,29,30)(H,31,32)(H,33,34)/b8-6+,11-9+,12-10-,18-15+,22-16-,23-17+,24-19+. The van der Waals surface area contributed by atoms with Gasteiger partial charge in [0.1, 0.15) is 0 Å². The predicted octanol–water partition coefficient (Wildman–Crippen LogP) is 5.89. The lowest BCUT2D eigenvalue weighted by Gasteiger charge is -2.13. The number of unbranched alkanes of at least 4 members (excludes halogenated alkanes) is 1. The summed E-state index contributed by atoms with van der Waals surface area (Å²) in [6, 6.07) is 0. The maximum Gasteiger partial charge on any atom is 0.331 e. The third kappa shape index (κ3) is 17.7. The number of carboxylic acid groups (broad SMARTS) is 3. The monoisotopic (exact) mass is 486 g/mol. The lowest BCUT2D eigenvalue weighted by Crippen LogP contribution is -2.10. The summed E-state index contributed by atoms with van der Waals surface area (Å²) in [6.45, 7) is 5.44. The molecular weight excluding hydrogens is 448 g/mol. The topological polar surface area (TPSA) is 121 Å². The van der Waals surface area contributed by atoms with Crippen molar-refractivity contribution >= 4 is 17.9 Å². The molecule has 0 saturated carbocycles. The van der Waals surface area contributed by atoms with Gasteiger partial charge in [0.2, 0.25) is 0 Å². The second-order valence-corrected chi connectivity index (χ2v) is 8.13. The number of ether oxygens (including phenoxy) is 1. The Morgan fingerprint density at radius 2 is 1.54 bits per heavy atom. The summed E-state index contributed by atoms with van der Waals surface area (Å²) in [7, 11) is 1.63. The van der Waals surface area contributed by atoms with E-state index in [1.807, 2.05) is 38.2 Å². The molecule has 0 radical (unpaired) electrons. The molecule has 3 N–H and O–H groups in total. The normalized spacial score (nSPS) is 15.5. The first-order chi connectivity index (χ1) is 16.6. The van der Waals surface area contributed by atoms with Crippen LogP contribution in [0.2, 0.25) is 0 Å². The highest BCUT2D eigenvalue weighted by atomic mass is 16.5. The van der Waals surface area contributed by atoms with Gasteiger partial charge < -0.3 is 20.1 Å². The molecule has 0 aromatic carbocycles. The van der Waals surface area contributed by atoms with Crippen molar-refractivity contribution in [2.24, 2.45) is 5.92 Å². The van der Waals surface area contributed by atoms with Gasteiger partial charge in [0.15, 0.2) is 0 Å². The van der Waals surface area contributed by atoms with Gasteiger partial charge in [-0.25, -0.2) is 9.59 Å². The Hall–Kier alpha value is -3.45. The van der Waals surface area contributed by atoms with E-state index >= 15 is 0 Å². The van der Waals surface area contributed by atoms with Crippen LogP contribution >= 0.6 is 0 Å². The SMILES string of the molecule is COC(C/C=C\C=C\CC/C=C/CC(C)/C=C/C(=C\C(=O)O)CC(=O)O)/C(C)=C\C=C(/C)C(=O)O. The molecule has 2 atom stereocenters. The van der Waals surface area contributed by atoms with Crippen LogP contribution in [0, 0.1) is 5.92 Å². The Balaban J connectivity index is 4.41. The van der Waals surface area contributed by atoms with Crippen molar-refractivity contribution in [1.82, 2.24) is 0 Å². The van der Waals surface area contributed by atoms with E-state index in [-0.39, 0.29) is 29.6 Å². The molecule has 0 spiro atoms. The third-order valence-electron chi connectivity index (χ3n) is 4.94. The number of carbonyl (C=O) groups is 3. The summed E-state index contributed by atoms with van der Waals surface area (Å²) >= 11 is 0. The first-order valence-electron chi connectivity index (χ1n) is 11.5. The van der Waals surface area contributed by atoms with Gasteiger partial charge in [0, 0.05) is 18.8 Å². The summed E-state index contributed by atoms with van der Waals surface area (Å²) in [4.78, 5) is 32.4. The molecule has 35 heavy (non-hydrogen) atoms. The Kier molecular flexibility index (Phi) is 17.1. The molecular formula is C28H38O7. The van der Waals surface area contributed by atoms with Gasteiger partial charge >= 0.3 is 17.9 Å². The van der Waals surface area contributed by atoms with Crippen LogP contribution in [0.15, 0.2) is 83.6 Å². The number of carboxylic acids is 3. The maximum absolute atomic E-state index is 10.9. The molecule has 0 heterocycles. The predicted molar refractivity (Wildman–Crippen MR) is 138 cm³/mol. The van der Waals surface area contributed by atoms with E-state index in [2.05, 4.69) is 18.2 Å². The molecule has 0 aliphatic carbocycles. The summed E-state index contributed by atoms with van der Waals surface area (Å²) < 4.78 is 5.47. The van der Waals surface area contributed by atoms with Gasteiger partial charge in [-0.05, 0) is 56.6 Å². The Bertz CT molecular complexity index is 898. The number of methoxy groups -OCH3 is 1. The van der Waals surface area contributed by atoms with Gasteiger partial charge in [-0.2, -0.15) is 0 Å². The molecule has 0 aliphatic heterocycles. The van der Waals surface area contributed by atoms with E-state index in [1.54, 1.807) is 32.3 Å². The van der Waals surface area contributed by atoms with Crippen molar-refractivity contribution in [3.05, 3.63) is 83.6 Å². The molecule has 0 saturated heterocycles. The zero-order chi connectivity index (χ0) is 26.6. The van der Waals surface area contributed by atoms with E-state index in [4.69, 9.17) is 20.1 Å². The van der Waals surface area contributed by atoms with Gasteiger partial charge in [-0.3, -0.25) is 4.79 Å². The van der Waals surface area contributed by atoms with Crippen LogP contribution in [0.1, 0.15) is 52.9 Å². The zero-order valence-corrected chi connectivity index (χ0v) is 21.0. The number of rotatable bonds is 17. The molecule has 7 nitrogen and oxygen atoms in total. The fraction of sp³-hybridized carbons (Fsp3) is 0.393. The Morgan fingerprint density at radius 3 is 2.14 bits per heavy atom. The molecule has 0 aliphatic rings. The van der Waals surface area contributed by atoms with Crippen LogP contribution in [-0.4, -0.2) is 46.4 Å². The van der Waals surface area contributed by atoms with Crippen molar-refractivity contribution in [2.45, 2.75) is 59.0 Å². The average molecular weight is 487 g/mol. The van der Waals surface area contributed by atoms with E-state index in [0.29, 0.717) is 6.42 Å². The highest BCUT2D eigenvalue weighted by Crippen LogP contribution is 2.12. The molecule has 0 rings (SSSR count). The second kappa shape index (κ2) is 18.9. The molecule has 7 heteroatoms. The largest absolute Gasteiger partial charge is 0.481 e.